The fraction of sp³-hybridized carbons (Fsp3) is 0.677. The van der Waals surface area contributed by atoms with Gasteiger partial charge >= 0.3 is 11.9 Å². The summed E-state index contributed by atoms with van der Waals surface area (Å²) in [5.41, 5.74) is 5.54. The summed E-state index contributed by atoms with van der Waals surface area (Å²) in [6.45, 7) is 1.68. The third-order valence-electron chi connectivity index (χ3n) is 8.29. The first-order valence-electron chi connectivity index (χ1n) is 17.3. The van der Waals surface area contributed by atoms with Gasteiger partial charge in [-0.1, -0.05) is 20.3 Å². The Morgan fingerprint density at radius 1 is 0.655 bits per heavy atom. The summed E-state index contributed by atoms with van der Waals surface area (Å²) in [7, 11) is 0. The molecule has 1 saturated heterocycles. The van der Waals surface area contributed by atoms with E-state index in [1.165, 1.54) is 0 Å². The minimum Gasteiger partial charge on any atom is -0.481 e. The molecule has 24 heteroatoms. The zero-order chi connectivity index (χ0) is 41.8. The summed E-state index contributed by atoms with van der Waals surface area (Å²) in [6, 6.07) is -11.2. The number of hydrogen-bond acceptors (Lipinski definition) is 14. The molecule has 1 aliphatic heterocycles. The van der Waals surface area contributed by atoms with Crippen LogP contribution in [0.1, 0.15) is 52.4 Å². The number of aliphatic carboxylic acids is 2. The second-order valence-corrected chi connectivity index (χ2v) is 13.3. The SMILES string of the molecule is CC[C@H](C)[C@@H]1NC(=O)[C@H](CS)NC(=O)[C@H](CS)NC(=O)CNC(=O)[C@H](CO)NC(=O)[C@H](CCCCN)NC(=O)[C@H](CC(=O)O)NC(=O)[C@H](CC(=O)O)NC1=O. The Morgan fingerprint density at radius 3 is 1.58 bits per heavy atom. The number of nitrogens with two attached hydrogens (primary N) is 1. The summed E-state index contributed by atoms with van der Waals surface area (Å²) in [5, 5.41) is 47.1. The van der Waals surface area contributed by atoms with Crippen molar-refractivity contribution in [3.8, 4) is 0 Å². The Bertz CT molecular complexity index is 1420. The highest BCUT2D eigenvalue weighted by Crippen LogP contribution is 2.11. The van der Waals surface area contributed by atoms with Crippen LogP contribution in [0.4, 0.5) is 0 Å². The number of hydrogen-bond donors (Lipinski definition) is 14. The lowest BCUT2D eigenvalue weighted by Gasteiger charge is -2.29. The molecule has 310 valence electrons. The molecule has 1 aliphatic rings. The predicted molar refractivity (Wildman–Crippen MR) is 198 cm³/mol. The molecular weight excluding hydrogens is 771 g/mol. The molecule has 0 unspecified atom stereocenters. The van der Waals surface area contributed by atoms with Gasteiger partial charge in [-0.05, 0) is 31.7 Å². The summed E-state index contributed by atoms with van der Waals surface area (Å²) < 4.78 is 0. The highest BCUT2D eigenvalue weighted by Gasteiger charge is 2.36. The smallest absolute Gasteiger partial charge is 0.305 e. The second-order valence-electron chi connectivity index (χ2n) is 12.5. The van der Waals surface area contributed by atoms with E-state index in [4.69, 9.17) is 5.73 Å². The fourth-order valence-electron chi connectivity index (χ4n) is 4.95. The largest absolute Gasteiger partial charge is 0.481 e. The molecule has 0 bridgehead atoms. The van der Waals surface area contributed by atoms with E-state index in [9.17, 15) is 63.3 Å². The lowest BCUT2D eigenvalue weighted by molar-refractivity contribution is -0.144. The van der Waals surface area contributed by atoms with Gasteiger partial charge in [0.05, 0.1) is 26.0 Å². The Morgan fingerprint density at radius 2 is 1.09 bits per heavy atom. The molecule has 0 aromatic carbocycles. The molecule has 0 aliphatic carbocycles. The van der Waals surface area contributed by atoms with Gasteiger partial charge in [0, 0.05) is 11.5 Å². The molecule has 1 fully saturated rings. The summed E-state index contributed by atoms with van der Waals surface area (Å²) in [6.07, 6.45) is -1.37. The van der Waals surface area contributed by atoms with E-state index in [0.717, 1.165) is 0 Å². The maximum Gasteiger partial charge on any atom is 0.305 e. The normalized spacial score (nSPS) is 26.3. The van der Waals surface area contributed by atoms with Gasteiger partial charge in [-0.2, -0.15) is 25.3 Å². The van der Waals surface area contributed by atoms with Crippen molar-refractivity contribution in [2.75, 3.05) is 31.2 Å². The number of aliphatic hydroxyl groups excluding tert-OH is 1. The van der Waals surface area contributed by atoms with Gasteiger partial charge < -0.3 is 63.6 Å². The van der Waals surface area contributed by atoms with Crippen LogP contribution in [0.15, 0.2) is 0 Å². The van der Waals surface area contributed by atoms with E-state index in [2.05, 4.69) is 67.8 Å². The van der Waals surface area contributed by atoms with Crippen molar-refractivity contribution in [1.29, 1.82) is 0 Å². The van der Waals surface area contributed by atoms with Gasteiger partial charge in [0.15, 0.2) is 0 Å². The van der Waals surface area contributed by atoms with E-state index in [0.29, 0.717) is 6.42 Å². The molecule has 1 heterocycles. The Kier molecular flexibility index (Phi) is 21.7. The molecule has 1 rings (SSSR count). The van der Waals surface area contributed by atoms with Crippen molar-refractivity contribution in [1.82, 2.24) is 42.5 Å². The van der Waals surface area contributed by atoms with E-state index in [1.54, 1.807) is 13.8 Å². The molecule has 0 aromatic heterocycles. The lowest BCUT2D eigenvalue weighted by atomic mass is 9.97. The number of unbranched alkanes of at least 4 members (excludes halogenated alkanes) is 1. The number of carbonyl (C=O) groups excluding carboxylic acids is 8. The van der Waals surface area contributed by atoms with Gasteiger partial charge in [0.25, 0.3) is 0 Å². The van der Waals surface area contributed by atoms with Gasteiger partial charge in [-0.15, -0.1) is 0 Å². The Hall–Kier alpha value is -4.68. The first-order chi connectivity index (χ1) is 25.9. The molecular formula is C31H51N9O13S2. The monoisotopic (exact) mass is 821 g/mol. The van der Waals surface area contributed by atoms with Crippen LogP contribution in [0.5, 0.6) is 0 Å². The lowest BCUT2D eigenvalue weighted by Crippen LogP contribution is -2.62. The van der Waals surface area contributed by atoms with Crippen molar-refractivity contribution in [3.05, 3.63) is 0 Å². The van der Waals surface area contributed by atoms with Crippen molar-refractivity contribution < 1.29 is 63.3 Å². The third-order valence-corrected chi connectivity index (χ3v) is 9.02. The number of thiol groups is 2. The highest BCUT2D eigenvalue weighted by atomic mass is 32.1. The first kappa shape index (κ1) is 48.3. The van der Waals surface area contributed by atoms with E-state index < -0.39 is 133 Å². The highest BCUT2D eigenvalue weighted by molar-refractivity contribution is 7.80. The molecule has 55 heavy (non-hydrogen) atoms. The maximum absolute atomic E-state index is 13.6. The summed E-state index contributed by atoms with van der Waals surface area (Å²) in [5.74, 6) is -12.8. The topological polar surface area (TPSA) is 354 Å². The fourth-order valence-corrected chi connectivity index (χ4v) is 5.47. The van der Waals surface area contributed by atoms with Crippen LogP contribution in [-0.2, 0) is 47.9 Å². The summed E-state index contributed by atoms with van der Waals surface area (Å²) >= 11 is 8.16. The molecule has 8 amide bonds. The van der Waals surface area contributed by atoms with Crippen molar-refractivity contribution in [2.24, 2.45) is 11.7 Å². The molecule has 8 atom stereocenters. The Labute approximate surface area is 327 Å². The van der Waals surface area contributed by atoms with Crippen LogP contribution >= 0.6 is 25.3 Å². The number of carboxylic acids is 2. The third kappa shape index (κ3) is 16.7. The van der Waals surface area contributed by atoms with Crippen LogP contribution in [0.2, 0.25) is 0 Å². The number of rotatable bonds is 13. The number of carbonyl (C=O) groups is 10. The van der Waals surface area contributed by atoms with Crippen molar-refractivity contribution in [3.63, 3.8) is 0 Å². The minimum absolute atomic E-state index is 0.119. The van der Waals surface area contributed by atoms with Gasteiger partial charge in [0.2, 0.25) is 47.3 Å². The first-order valence-corrected chi connectivity index (χ1v) is 18.5. The minimum atomic E-state index is -1.94. The quantitative estimate of drug-likeness (QED) is 0.0609. The summed E-state index contributed by atoms with van der Waals surface area (Å²) in [4.78, 5) is 129. The van der Waals surface area contributed by atoms with Crippen LogP contribution in [0.25, 0.3) is 0 Å². The zero-order valence-corrected chi connectivity index (χ0v) is 32.1. The van der Waals surface area contributed by atoms with Gasteiger partial charge in [0.1, 0.15) is 42.3 Å². The van der Waals surface area contributed by atoms with Crippen LogP contribution in [0.3, 0.4) is 0 Å². The van der Waals surface area contributed by atoms with Gasteiger partial charge in [-0.25, -0.2) is 0 Å². The number of aliphatic hydroxyl groups is 1. The number of nitrogens with one attached hydrogen (secondary N) is 8. The molecule has 0 radical (unpaired) electrons. The Balaban J connectivity index is 3.71. The average Bonchev–Trinajstić information content (AvgIpc) is 3.13. The standard InChI is InChI=1S/C31H51N9O13S2/c1-3-14(2)24-31(53)37-17(9-23(45)46)28(50)36-16(8-22(43)44)27(49)35-15(6-4-5-7-32)26(48)38-18(11-41)25(47)33-10-21(42)34-19(12-54)29(51)39-20(13-55)30(52)40-24/h14-20,24,41,54-55H,3-13,32H2,1-2H3,(H,33,47)(H,34,42)(H,35,49)(H,36,50)(H,37,53)(H,38,48)(H,39,51)(H,40,52)(H,43,44)(H,45,46)/t14-,15-,16-,17-,18-,19-,20-,24-/m0/s1. The van der Waals surface area contributed by atoms with Crippen molar-refractivity contribution in [2.45, 2.75) is 94.7 Å². The van der Waals surface area contributed by atoms with Crippen LogP contribution in [-0.4, -0.2) is 148 Å². The van der Waals surface area contributed by atoms with Crippen molar-refractivity contribution >= 4 is 84.5 Å². The van der Waals surface area contributed by atoms with E-state index in [-0.39, 0.29) is 37.3 Å². The average molecular weight is 822 g/mol. The van der Waals surface area contributed by atoms with E-state index in [1.807, 2.05) is 0 Å². The number of amides is 8. The predicted octanol–water partition coefficient (Wildman–Crippen LogP) is -5.51. The van der Waals surface area contributed by atoms with Crippen LogP contribution in [0, 0.1) is 5.92 Å². The zero-order valence-electron chi connectivity index (χ0n) is 30.3. The molecule has 22 nitrogen and oxygen atoms in total. The molecule has 13 N–H and O–H groups in total. The molecule has 0 spiro atoms. The van der Waals surface area contributed by atoms with E-state index >= 15 is 0 Å². The van der Waals surface area contributed by atoms with Gasteiger partial charge in [-0.3, -0.25) is 47.9 Å². The van der Waals surface area contributed by atoms with Crippen LogP contribution < -0.4 is 48.3 Å². The second kappa shape index (κ2) is 24.7. The maximum atomic E-state index is 13.6. The number of carboxylic acid groups (broad SMARTS) is 2. The molecule has 0 saturated carbocycles. The molecule has 0 aromatic rings.